The van der Waals surface area contributed by atoms with Gasteiger partial charge in [-0.15, -0.1) is 0 Å². The summed E-state index contributed by atoms with van der Waals surface area (Å²) < 4.78 is 4.94. The van der Waals surface area contributed by atoms with Crippen molar-refractivity contribution >= 4 is 0 Å². The van der Waals surface area contributed by atoms with Crippen molar-refractivity contribution in [3.05, 3.63) is 0 Å². The van der Waals surface area contributed by atoms with Crippen LogP contribution in [0.5, 0.6) is 0 Å². The largest absolute Gasteiger partial charge is 0.373 e. The molecule has 0 amide bonds. The molecule has 2 atom stereocenters. The summed E-state index contributed by atoms with van der Waals surface area (Å²) in [5.74, 6) is 0.308. The third kappa shape index (κ3) is 1.80. The zero-order valence-corrected chi connectivity index (χ0v) is 5.09. The summed E-state index contributed by atoms with van der Waals surface area (Å²) in [6, 6.07) is 0. The number of epoxide rings is 1. The quantitative estimate of drug-likeness (QED) is 0.501. The van der Waals surface area contributed by atoms with E-state index in [1.807, 2.05) is 6.92 Å². The molecule has 2 unspecified atom stereocenters. The van der Waals surface area contributed by atoms with Crippen molar-refractivity contribution in [3.8, 4) is 0 Å². The van der Waals surface area contributed by atoms with Gasteiger partial charge in [0.1, 0.15) is 0 Å². The van der Waals surface area contributed by atoms with E-state index in [-0.39, 0.29) is 6.61 Å². The molecule has 0 aliphatic carbocycles. The Bertz CT molecular complexity index is 68.9. The van der Waals surface area contributed by atoms with Crippen molar-refractivity contribution in [3.63, 3.8) is 0 Å². The fraction of sp³-hybridized carbons (Fsp3) is 1.00. The Morgan fingerprint density at radius 2 is 2.50 bits per heavy atom. The average molecular weight is 115 g/mol. The molecule has 1 saturated heterocycles. The highest BCUT2D eigenvalue weighted by atomic mass is 16.6. The van der Waals surface area contributed by atoms with Crippen molar-refractivity contribution < 1.29 is 9.84 Å². The molecule has 8 heavy (non-hydrogen) atoms. The van der Waals surface area contributed by atoms with Gasteiger partial charge in [-0.3, -0.25) is 0 Å². The first-order valence-electron chi connectivity index (χ1n) is 3.02. The summed E-state index contributed by atoms with van der Waals surface area (Å²) in [5.41, 5.74) is 0. The second-order valence-corrected chi connectivity index (χ2v) is 2.46. The summed E-state index contributed by atoms with van der Waals surface area (Å²) in [4.78, 5) is 0. The molecule has 0 saturated carbocycles. The van der Waals surface area contributed by atoms with Crippen LogP contribution in [0.4, 0.5) is 0 Å². The fourth-order valence-corrected chi connectivity index (χ4v) is 0.721. The summed E-state index contributed by atoms with van der Waals surface area (Å²) in [6.45, 7) is 2.89. The lowest BCUT2D eigenvalue weighted by Gasteiger charge is -2.00. The van der Waals surface area contributed by atoms with Crippen molar-refractivity contribution in [2.24, 2.45) is 5.92 Å². The van der Waals surface area contributed by atoms with E-state index >= 15 is 0 Å². The molecule has 1 heterocycles. The van der Waals surface area contributed by atoms with Crippen LogP contribution < -0.4 is 0 Å². The van der Waals surface area contributed by atoms with Crippen LogP contribution in [-0.4, -0.2) is 19.3 Å². The van der Waals surface area contributed by atoms with Crippen LogP contribution in [0, 0.1) is 5.92 Å². The van der Waals surface area contributed by atoms with Gasteiger partial charge < -0.3 is 4.74 Å². The molecule has 1 radical (unpaired) electrons. The highest BCUT2D eigenvalue weighted by Crippen LogP contribution is 2.18. The molecule has 1 rings (SSSR count). The average Bonchev–Trinajstić information content (AvgIpc) is 2.50. The molecule has 2 heteroatoms. The molecule has 1 aliphatic rings. The zero-order valence-electron chi connectivity index (χ0n) is 5.09. The molecular weight excluding hydrogens is 104 g/mol. The predicted octanol–water partition coefficient (Wildman–Crippen LogP) is 0.842. The summed E-state index contributed by atoms with van der Waals surface area (Å²) >= 11 is 0. The number of hydrogen-bond acceptors (Lipinski definition) is 1. The van der Waals surface area contributed by atoms with Gasteiger partial charge in [-0.25, -0.2) is 5.11 Å². The Balaban J connectivity index is 1.98. The first-order valence-corrected chi connectivity index (χ1v) is 3.02. The molecule has 0 aromatic carbocycles. The number of rotatable bonds is 3. The van der Waals surface area contributed by atoms with E-state index in [4.69, 9.17) is 4.74 Å². The van der Waals surface area contributed by atoms with Crippen LogP contribution >= 0.6 is 0 Å². The third-order valence-electron chi connectivity index (χ3n) is 1.35. The molecule has 1 fully saturated rings. The maximum Gasteiger partial charge on any atom is 0.0848 e. The van der Waals surface area contributed by atoms with Crippen LogP contribution in [0.2, 0.25) is 0 Å². The second kappa shape index (κ2) is 2.46. The Morgan fingerprint density at radius 1 is 1.88 bits per heavy atom. The summed E-state index contributed by atoms with van der Waals surface area (Å²) in [7, 11) is 0. The van der Waals surface area contributed by atoms with Crippen molar-refractivity contribution in [2.45, 2.75) is 19.4 Å². The minimum absolute atomic E-state index is 0.0415. The second-order valence-electron chi connectivity index (χ2n) is 2.46. The van der Waals surface area contributed by atoms with Gasteiger partial charge in [0.05, 0.1) is 19.3 Å². The SMILES string of the molecule is CC(C[O])CC1CO1. The molecule has 0 spiro atoms. The summed E-state index contributed by atoms with van der Waals surface area (Å²) in [5, 5.41) is 10.1. The first-order chi connectivity index (χ1) is 3.83. The molecule has 0 N–H and O–H groups in total. The third-order valence-corrected chi connectivity index (χ3v) is 1.35. The van der Waals surface area contributed by atoms with E-state index in [1.54, 1.807) is 0 Å². The summed E-state index contributed by atoms with van der Waals surface area (Å²) in [6.07, 6.45) is 1.39. The minimum Gasteiger partial charge on any atom is -0.373 e. The van der Waals surface area contributed by atoms with E-state index in [9.17, 15) is 5.11 Å². The molecule has 0 aromatic heterocycles. The fourth-order valence-electron chi connectivity index (χ4n) is 0.721. The monoisotopic (exact) mass is 115 g/mol. The topological polar surface area (TPSA) is 32.4 Å². The van der Waals surface area contributed by atoms with Crippen LogP contribution in [0.25, 0.3) is 0 Å². The van der Waals surface area contributed by atoms with Crippen LogP contribution in [0.1, 0.15) is 13.3 Å². The lowest BCUT2D eigenvalue weighted by atomic mass is 10.1. The van der Waals surface area contributed by atoms with E-state index in [1.165, 1.54) is 0 Å². The van der Waals surface area contributed by atoms with Crippen molar-refractivity contribution in [2.75, 3.05) is 13.2 Å². The predicted molar refractivity (Wildman–Crippen MR) is 29.1 cm³/mol. The lowest BCUT2D eigenvalue weighted by molar-refractivity contribution is 0.141. The van der Waals surface area contributed by atoms with Crippen LogP contribution in [0.15, 0.2) is 0 Å². The van der Waals surface area contributed by atoms with Gasteiger partial charge in [-0.05, 0) is 12.3 Å². The first kappa shape index (κ1) is 6.05. The van der Waals surface area contributed by atoms with Gasteiger partial charge in [0.15, 0.2) is 0 Å². The van der Waals surface area contributed by atoms with Gasteiger partial charge in [-0.1, -0.05) is 6.92 Å². The maximum atomic E-state index is 10.1. The van der Waals surface area contributed by atoms with Crippen molar-refractivity contribution in [1.29, 1.82) is 0 Å². The molecule has 2 nitrogen and oxygen atoms in total. The maximum absolute atomic E-state index is 10.1. The Labute approximate surface area is 49.5 Å². The minimum atomic E-state index is 0.0415. The van der Waals surface area contributed by atoms with E-state index in [0.29, 0.717) is 12.0 Å². The highest BCUT2D eigenvalue weighted by molar-refractivity contribution is 4.71. The van der Waals surface area contributed by atoms with Crippen LogP contribution in [-0.2, 0) is 9.84 Å². The standard InChI is InChI=1S/C6H11O2/c1-5(3-7)2-6-4-8-6/h5-6H,2-4H2,1H3. The van der Waals surface area contributed by atoms with E-state index < -0.39 is 0 Å². The van der Waals surface area contributed by atoms with Gasteiger partial charge in [-0.2, -0.15) is 0 Å². The van der Waals surface area contributed by atoms with Gasteiger partial charge in [0, 0.05) is 0 Å². The highest BCUT2D eigenvalue weighted by Gasteiger charge is 2.24. The normalized spacial score (nSPS) is 30.0. The molecule has 0 bridgehead atoms. The van der Waals surface area contributed by atoms with Crippen molar-refractivity contribution in [1.82, 2.24) is 0 Å². The van der Waals surface area contributed by atoms with Gasteiger partial charge in [0.2, 0.25) is 0 Å². The number of hydrogen-bond donors (Lipinski definition) is 0. The molecule has 47 valence electrons. The van der Waals surface area contributed by atoms with Gasteiger partial charge >= 0.3 is 0 Å². The Morgan fingerprint density at radius 3 is 2.88 bits per heavy atom. The Hall–Kier alpha value is -0.0800. The molecule has 1 aliphatic heterocycles. The van der Waals surface area contributed by atoms with E-state index in [0.717, 1.165) is 13.0 Å². The number of ether oxygens (including phenoxy) is 1. The molecular formula is C6H11O2. The van der Waals surface area contributed by atoms with E-state index in [2.05, 4.69) is 0 Å². The zero-order chi connectivity index (χ0) is 5.98. The smallest absolute Gasteiger partial charge is 0.0848 e. The van der Waals surface area contributed by atoms with Gasteiger partial charge in [0.25, 0.3) is 0 Å². The molecule has 0 aromatic rings. The van der Waals surface area contributed by atoms with Crippen LogP contribution in [0.3, 0.4) is 0 Å². The Kier molecular flexibility index (Phi) is 1.86. The lowest BCUT2D eigenvalue weighted by Crippen LogP contribution is -2.02.